The molecular formula is C16H22N4O. The minimum atomic E-state index is 0.210. The van der Waals surface area contributed by atoms with E-state index in [0.29, 0.717) is 0 Å². The van der Waals surface area contributed by atoms with Crippen molar-refractivity contribution >= 4 is 5.65 Å². The summed E-state index contributed by atoms with van der Waals surface area (Å²) in [6.07, 6.45) is 10.5. The summed E-state index contributed by atoms with van der Waals surface area (Å²) in [7, 11) is 0. The lowest BCUT2D eigenvalue weighted by molar-refractivity contribution is 0.118. The zero-order chi connectivity index (χ0) is 14.5. The first kappa shape index (κ1) is 14.1. The van der Waals surface area contributed by atoms with Gasteiger partial charge in [0, 0.05) is 12.7 Å². The van der Waals surface area contributed by atoms with Gasteiger partial charge in [-0.15, -0.1) is 10.2 Å². The number of hydrogen-bond donors (Lipinski definition) is 1. The molecule has 0 saturated carbocycles. The van der Waals surface area contributed by atoms with Gasteiger partial charge < -0.3 is 10.1 Å². The number of nitrogens with zero attached hydrogens (tertiary/aromatic N) is 3. The number of rotatable bonds is 6. The molecule has 5 nitrogen and oxygen atoms in total. The molecule has 3 heterocycles. The van der Waals surface area contributed by atoms with Crippen molar-refractivity contribution in [3.8, 4) is 0 Å². The van der Waals surface area contributed by atoms with Gasteiger partial charge in [0.15, 0.2) is 11.5 Å². The molecule has 1 aliphatic heterocycles. The summed E-state index contributed by atoms with van der Waals surface area (Å²) in [5.74, 6) is 0.985. The molecule has 0 spiro atoms. The van der Waals surface area contributed by atoms with Crippen LogP contribution in [0.15, 0.2) is 36.7 Å². The third kappa shape index (κ3) is 3.24. The summed E-state index contributed by atoms with van der Waals surface area (Å²) in [6.45, 7) is 3.04. The molecule has 21 heavy (non-hydrogen) atoms. The number of hydrogen-bond acceptors (Lipinski definition) is 4. The normalized spacial score (nSPS) is 19.6. The van der Waals surface area contributed by atoms with Gasteiger partial charge >= 0.3 is 0 Å². The van der Waals surface area contributed by atoms with E-state index in [1.807, 2.05) is 30.7 Å². The van der Waals surface area contributed by atoms with Crippen molar-refractivity contribution < 1.29 is 4.74 Å². The van der Waals surface area contributed by atoms with Crippen LogP contribution in [0.2, 0.25) is 0 Å². The van der Waals surface area contributed by atoms with Gasteiger partial charge in [-0.3, -0.25) is 4.40 Å². The fraction of sp³-hybridized carbons (Fsp3) is 0.500. The summed E-state index contributed by atoms with van der Waals surface area (Å²) in [5.41, 5.74) is 0.896. The number of nitrogens with one attached hydrogen (secondary N) is 1. The third-order valence-corrected chi connectivity index (χ3v) is 3.84. The lowest BCUT2D eigenvalue weighted by atomic mass is 10.1. The molecule has 1 N–H and O–H groups in total. The van der Waals surface area contributed by atoms with Crippen molar-refractivity contribution in [2.45, 2.75) is 44.8 Å². The maximum atomic E-state index is 5.63. The van der Waals surface area contributed by atoms with Gasteiger partial charge in [-0.2, -0.15) is 0 Å². The first-order chi connectivity index (χ1) is 10.4. The van der Waals surface area contributed by atoms with Gasteiger partial charge in [-0.1, -0.05) is 19.4 Å². The minimum Gasteiger partial charge on any atom is -0.497 e. The highest BCUT2D eigenvalue weighted by Crippen LogP contribution is 2.19. The number of ether oxygens (including phenoxy) is 1. The highest BCUT2D eigenvalue weighted by Gasteiger charge is 2.19. The first-order valence-corrected chi connectivity index (χ1v) is 7.72. The number of allylic oxidation sites excluding steroid dienone is 1. The average Bonchev–Trinajstić information content (AvgIpc) is 2.96. The zero-order valence-electron chi connectivity index (χ0n) is 12.4. The van der Waals surface area contributed by atoms with Crippen molar-refractivity contribution in [3.05, 3.63) is 42.6 Å². The van der Waals surface area contributed by atoms with E-state index >= 15 is 0 Å². The predicted octanol–water partition coefficient (Wildman–Crippen LogP) is 2.85. The van der Waals surface area contributed by atoms with E-state index in [1.165, 1.54) is 0 Å². The Hall–Kier alpha value is -1.88. The summed E-state index contributed by atoms with van der Waals surface area (Å²) >= 11 is 0. The van der Waals surface area contributed by atoms with Crippen LogP contribution >= 0.6 is 0 Å². The van der Waals surface area contributed by atoms with E-state index in [9.17, 15) is 0 Å². The standard InChI is InChI=1S/C16H22N4O/c1-2-7-14(17-12-13-8-4-6-11-21-13)16-19-18-15-9-3-5-10-20(15)16/h3,5-6,9-11,13-14,17H,2,4,7-8,12H2,1H3/t13-,14+/m1/s1. The molecule has 0 aromatic carbocycles. The number of pyridine rings is 1. The summed E-state index contributed by atoms with van der Waals surface area (Å²) < 4.78 is 7.69. The van der Waals surface area contributed by atoms with Crippen LogP contribution in [0.1, 0.15) is 44.5 Å². The van der Waals surface area contributed by atoms with E-state index in [1.54, 1.807) is 0 Å². The summed E-state index contributed by atoms with van der Waals surface area (Å²) in [5, 5.41) is 12.2. The van der Waals surface area contributed by atoms with E-state index in [4.69, 9.17) is 4.74 Å². The number of fused-ring (bicyclic) bond motifs is 1. The van der Waals surface area contributed by atoms with Gasteiger partial charge in [0.05, 0.1) is 12.3 Å². The van der Waals surface area contributed by atoms with Gasteiger partial charge in [-0.25, -0.2) is 0 Å². The van der Waals surface area contributed by atoms with Crippen LogP contribution in [-0.2, 0) is 4.74 Å². The molecule has 2 aromatic heterocycles. The van der Waals surface area contributed by atoms with Crippen molar-refractivity contribution in [1.29, 1.82) is 0 Å². The van der Waals surface area contributed by atoms with E-state index in [0.717, 1.165) is 43.7 Å². The fourth-order valence-corrected chi connectivity index (χ4v) is 2.72. The maximum Gasteiger partial charge on any atom is 0.160 e. The Kier molecular flexibility index (Phi) is 4.50. The third-order valence-electron chi connectivity index (χ3n) is 3.84. The minimum absolute atomic E-state index is 0.210. The van der Waals surface area contributed by atoms with E-state index in [2.05, 4.69) is 32.9 Å². The maximum absolute atomic E-state index is 5.63. The molecule has 2 atom stereocenters. The van der Waals surface area contributed by atoms with Crippen molar-refractivity contribution in [3.63, 3.8) is 0 Å². The molecule has 112 valence electrons. The summed E-state index contributed by atoms with van der Waals surface area (Å²) in [4.78, 5) is 0. The molecule has 5 heteroatoms. The topological polar surface area (TPSA) is 51.5 Å². The van der Waals surface area contributed by atoms with E-state index in [-0.39, 0.29) is 12.1 Å². The Balaban J connectivity index is 1.72. The first-order valence-electron chi connectivity index (χ1n) is 7.72. The molecule has 0 amide bonds. The second-order valence-electron chi connectivity index (χ2n) is 5.44. The highest BCUT2D eigenvalue weighted by atomic mass is 16.5. The Morgan fingerprint density at radius 1 is 1.43 bits per heavy atom. The van der Waals surface area contributed by atoms with Gasteiger partial charge in [0.25, 0.3) is 0 Å². The molecule has 0 unspecified atom stereocenters. The number of aromatic nitrogens is 3. The SMILES string of the molecule is CCC[C@H](NC[C@H]1CCC=CO1)c1nnc2ccccn12. The van der Waals surface area contributed by atoms with Crippen LogP contribution in [0.25, 0.3) is 5.65 Å². The average molecular weight is 286 g/mol. The molecule has 0 saturated heterocycles. The van der Waals surface area contributed by atoms with Gasteiger partial charge in [0.1, 0.15) is 6.10 Å². The molecule has 0 fully saturated rings. The second kappa shape index (κ2) is 6.72. The quantitative estimate of drug-likeness (QED) is 0.887. The lowest BCUT2D eigenvalue weighted by Crippen LogP contribution is -2.33. The Labute approximate surface area is 125 Å². The van der Waals surface area contributed by atoms with Gasteiger partial charge in [-0.05, 0) is 37.5 Å². The zero-order valence-corrected chi connectivity index (χ0v) is 12.4. The van der Waals surface area contributed by atoms with Crippen LogP contribution in [0.4, 0.5) is 0 Å². The predicted molar refractivity (Wildman–Crippen MR) is 81.9 cm³/mol. The molecule has 0 bridgehead atoms. The summed E-state index contributed by atoms with van der Waals surface area (Å²) in [6, 6.07) is 6.19. The molecule has 2 aromatic rings. The molecule has 0 radical (unpaired) electrons. The fourth-order valence-electron chi connectivity index (χ4n) is 2.72. The van der Waals surface area contributed by atoms with Gasteiger partial charge in [0.2, 0.25) is 0 Å². The molecule has 3 rings (SSSR count). The second-order valence-corrected chi connectivity index (χ2v) is 5.44. The van der Waals surface area contributed by atoms with Crippen molar-refractivity contribution in [2.75, 3.05) is 6.54 Å². The molecule has 0 aliphatic carbocycles. The molecule has 1 aliphatic rings. The Morgan fingerprint density at radius 2 is 2.38 bits per heavy atom. The van der Waals surface area contributed by atoms with E-state index < -0.39 is 0 Å². The van der Waals surface area contributed by atoms with Crippen LogP contribution in [-0.4, -0.2) is 27.2 Å². The monoisotopic (exact) mass is 286 g/mol. The van der Waals surface area contributed by atoms with Crippen molar-refractivity contribution in [2.24, 2.45) is 0 Å². The Morgan fingerprint density at radius 3 is 3.19 bits per heavy atom. The lowest BCUT2D eigenvalue weighted by Gasteiger charge is -2.23. The van der Waals surface area contributed by atoms with Crippen LogP contribution in [0.3, 0.4) is 0 Å². The van der Waals surface area contributed by atoms with Crippen LogP contribution < -0.4 is 5.32 Å². The molecular weight excluding hydrogens is 264 g/mol. The largest absolute Gasteiger partial charge is 0.497 e. The van der Waals surface area contributed by atoms with Crippen LogP contribution in [0.5, 0.6) is 0 Å². The smallest absolute Gasteiger partial charge is 0.160 e. The Bertz CT molecular complexity index is 607. The van der Waals surface area contributed by atoms with Crippen molar-refractivity contribution in [1.82, 2.24) is 19.9 Å². The van der Waals surface area contributed by atoms with Crippen LogP contribution in [0, 0.1) is 0 Å². The highest BCUT2D eigenvalue weighted by molar-refractivity contribution is 5.37.